The van der Waals surface area contributed by atoms with E-state index in [4.69, 9.17) is 9.94 Å². The zero-order valence-electron chi connectivity index (χ0n) is 11.6. The summed E-state index contributed by atoms with van der Waals surface area (Å²) in [5, 5.41) is 18.8. The Morgan fingerprint density at radius 1 is 1.48 bits per heavy atom. The smallest absolute Gasteiger partial charge is 0.407 e. The molecule has 0 saturated carbocycles. The maximum absolute atomic E-state index is 12.0. The molecule has 0 aromatic heterocycles. The number of carbonyl (C=O) groups is 3. The number of hydrogen-bond acceptors (Lipinski definition) is 5. The second kappa shape index (κ2) is 6.14. The van der Waals surface area contributed by atoms with E-state index in [-0.39, 0.29) is 19.2 Å². The minimum atomic E-state index is -1.09. The molecular formula is C11H18N4O6. The van der Waals surface area contributed by atoms with Crippen LogP contribution in [0.5, 0.6) is 0 Å². The molecule has 10 heteroatoms. The highest BCUT2D eigenvalue weighted by atomic mass is 16.7. The first-order valence-electron chi connectivity index (χ1n) is 6.56. The van der Waals surface area contributed by atoms with Crippen LogP contribution in [0, 0.1) is 0 Å². The number of nitrogens with one attached hydrogen (secondary N) is 1. The third-order valence-corrected chi connectivity index (χ3v) is 3.68. The van der Waals surface area contributed by atoms with Crippen molar-refractivity contribution in [1.82, 2.24) is 20.3 Å². The normalized spacial score (nSPS) is 24.2. The van der Waals surface area contributed by atoms with Crippen LogP contribution in [0.1, 0.15) is 12.8 Å². The van der Waals surface area contributed by atoms with Gasteiger partial charge in [0.05, 0.1) is 12.6 Å². The SMILES string of the molecule is CN(CCONC(=O)[C@@H]1CC[C@@H]2CN1C(=O)N2O)C(=O)O. The Morgan fingerprint density at radius 2 is 2.19 bits per heavy atom. The van der Waals surface area contributed by atoms with Gasteiger partial charge in [0, 0.05) is 20.1 Å². The van der Waals surface area contributed by atoms with Crippen molar-refractivity contribution < 1.29 is 29.5 Å². The van der Waals surface area contributed by atoms with Crippen LogP contribution in [-0.2, 0) is 9.63 Å². The topological polar surface area (TPSA) is 123 Å². The van der Waals surface area contributed by atoms with Gasteiger partial charge < -0.3 is 14.9 Å². The Balaban J connectivity index is 1.76. The molecule has 2 rings (SSSR count). The van der Waals surface area contributed by atoms with Crippen LogP contribution in [0.2, 0.25) is 0 Å². The molecule has 0 unspecified atom stereocenters. The van der Waals surface area contributed by atoms with Gasteiger partial charge >= 0.3 is 12.1 Å². The summed E-state index contributed by atoms with van der Waals surface area (Å²) < 4.78 is 0. The molecule has 2 aliphatic rings. The van der Waals surface area contributed by atoms with Crippen LogP contribution in [-0.4, -0.2) is 82.0 Å². The van der Waals surface area contributed by atoms with Crippen molar-refractivity contribution in [2.24, 2.45) is 0 Å². The molecule has 118 valence electrons. The fraction of sp³-hybridized carbons (Fsp3) is 0.727. The quantitative estimate of drug-likeness (QED) is 0.351. The predicted molar refractivity (Wildman–Crippen MR) is 67.3 cm³/mol. The van der Waals surface area contributed by atoms with Crippen molar-refractivity contribution in [3.8, 4) is 0 Å². The maximum Gasteiger partial charge on any atom is 0.407 e. The number of likely N-dealkylation sites (N-methyl/N-ethyl adjacent to an activating group) is 1. The molecule has 4 amide bonds. The zero-order chi connectivity index (χ0) is 15.6. The van der Waals surface area contributed by atoms with Gasteiger partial charge in [0.15, 0.2) is 0 Å². The predicted octanol–water partition coefficient (Wildman–Crippen LogP) is -0.698. The van der Waals surface area contributed by atoms with Gasteiger partial charge in [-0.05, 0) is 12.8 Å². The number of piperidine rings is 1. The van der Waals surface area contributed by atoms with Gasteiger partial charge in [-0.25, -0.2) is 20.1 Å². The fourth-order valence-electron chi connectivity index (χ4n) is 2.39. The number of carboxylic acid groups (broad SMARTS) is 1. The molecule has 2 atom stereocenters. The second-order valence-electron chi connectivity index (χ2n) is 5.05. The van der Waals surface area contributed by atoms with Gasteiger partial charge in [0.25, 0.3) is 5.91 Å². The summed E-state index contributed by atoms with van der Waals surface area (Å²) in [5.74, 6) is -0.477. The number of rotatable bonds is 5. The molecule has 0 aromatic carbocycles. The van der Waals surface area contributed by atoms with Gasteiger partial charge in [-0.15, -0.1) is 0 Å². The molecule has 2 heterocycles. The van der Waals surface area contributed by atoms with Crippen LogP contribution in [0.4, 0.5) is 9.59 Å². The molecule has 3 N–H and O–H groups in total. The molecule has 0 aliphatic carbocycles. The number of amides is 4. The highest BCUT2D eigenvalue weighted by molar-refractivity contribution is 5.87. The summed E-state index contributed by atoms with van der Waals surface area (Å²) in [6.07, 6.45) is -0.107. The minimum Gasteiger partial charge on any atom is -0.465 e. The molecule has 2 bridgehead atoms. The Morgan fingerprint density at radius 3 is 2.86 bits per heavy atom. The molecule has 0 aromatic rings. The van der Waals surface area contributed by atoms with E-state index in [0.717, 1.165) is 4.90 Å². The van der Waals surface area contributed by atoms with E-state index in [2.05, 4.69) is 5.48 Å². The Hall–Kier alpha value is -2.07. The van der Waals surface area contributed by atoms with E-state index in [1.165, 1.54) is 11.9 Å². The Labute approximate surface area is 120 Å². The first-order valence-corrected chi connectivity index (χ1v) is 6.56. The molecule has 0 spiro atoms. The van der Waals surface area contributed by atoms with Crippen molar-refractivity contribution in [2.75, 3.05) is 26.7 Å². The van der Waals surface area contributed by atoms with Crippen LogP contribution < -0.4 is 5.48 Å². The van der Waals surface area contributed by atoms with E-state index in [1.807, 2.05) is 0 Å². The largest absolute Gasteiger partial charge is 0.465 e. The molecule has 2 saturated heterocycles. The number of carbonyl (C=O) groups excluding carboxylic acids is 2. The third kappa shape index (κ3) is 3.16. The van der Waals surface area contributed by atoms with Crippen molar-refractivity contribution in [3.63, 3.8) is 0 Å². The lowest BCUT2D eigenvalue weighted by Crippen LogP contribution is -2.50. The van der Waals surface area contributed by atoms with E-state index in [0.29, 0.717) is 24.4 Å². The summed E-state index contributed by atoms with van der Waals surface area (Å²) >= 11 is 0. The minimum absolute atomic E-state index is 0.00393. The molecule has 10 nitrogen and oxygen atoms in total. The lowest BCUT2D eigenvalue weighted by Gasteiger charge is -2.28. The fourth-order valence-corrected chi connectivity index (χ4v) is 2.39. The van der Waals surface area contributed by atoms with Gasteiger partial charge in [0.1, 0.15) is 6.04 Å². The molecule has 21 heavy (non-hydrogen) atoms. The molecule has 2 aliphatic heterocycles. The highest BCUT2D eigenvalue weighted by Gasteiger charge is 2.46. The van der Waals surface area contributed by atoms with Crippen LogP contribution in [0.25, 0.3) is 0 Å². The second-order valence-corrected chi connectivity index (χ2v) is 5.05. The van der Waals surface area contributed by atoms with E-state index in [9.17, 15) is 19.6 Å². The zero-order valence-corrected chi connectivity index (χ0v) is 11.6. The van der Waals surface area contributed by atoms with E-state index >= 15 is 0 Å². The first-order chi connectivity index (χ1) is 9.91. The van der Waals surface area contributed by atoms with Gasteiger partial charge in [-0.2, -0.15) is 0 Å². The van der Waals surface area contributed by atoms with Gasteiger partial charge in [0.2, 0.25) is 0 Å². The standard InChI is InChI=1S/C11H18N4O6/c1-13(11(18)19)4-5-21-12-9(16)8-3-2-7-6-14(8)10(17)15(7)20/h7-8,20H,2-6H2,1H3,(H,12,16)(H,18,19)/t7-,8+/m1/s1. The monoisotopic (exact) mass is 302 g/mol. The van der Waals surface area contributed by atoms with E-state index < -0.39 is 24.1 Å². The lowest BCUT2D eigenvalue weighted by molar-refractivity contribution is -0.139. The van der Waals surface area contributed by atoms with Crippen molar-refractivity contribution >= 4 is 18.0 Å². The van der Waals surface area contributed by atoms with Crippen molar-refractivity contribution in [1.29, 1.82) is 0 Å². The number of hydrogen-bond donors (Lipinski definition) is 3. The van der Waals surface area contributed by atoms with Gasteiger partial charge in [-0.3, -0.25) is 14.8 Å². The molecular weight excluding hydrogens is 284 g/mol. The molecule has 0 radical (unpaired) electrons. The van der Waals surface area contributed by atoms with E-state index in [1.54, 1.807) is 0 Å². The number of urea groups is 1. The number of nitrogens with zero attached hydrogens (tertiary/aromatic N) is 3. The average molecular weight is 302 g/mol. The number of hydroxylamine groups is 3. The summed E-state index contributed by atoms with van der Waals surface area (Å²) in [4.78, 5) is 41.4. The van der Waals surface area contributed by atoms with Crippen LogP contribution in [0.3, 0.4) is 0 Å². The summed E-state index contributed by atoms with van der Waals surface area (Å²) in [6, 6.07) is -1.52. The highest BCUT2D eigenvalue weighted by Crippen LogP contribution is 2.28. The Bertz CT molecular complexity index is 444. The van der Waals surface area contributed by atoms with Gasteiger partial charge in [-0.1, -0.05) is 0 Å². The van der Waals surface area contributed by atoms with Crippen LogP contribution in [0.15, 0.2) is 0 Å². The van der Waals surface area contributed by atoms with Crippen molar-refractivity contribution in [3.05, 3.63) is 0 Å². The van der Waals surface area contributed by atoms with Crippen molar-refractivity contribution in [2.45, 2.75) is 24.9 Å². The average Bonchev–Trinajstić information content (AvgIpc) is 2.68. The summed E-state index contributed by atoms with van der Waals surface area (Å²) in [7, 11) is 1.38. The lowest BCUT2D eigenvalue weighted by atomic mass is 10.0. The van der Waals surface area contributed by atoms with Crippen LogP contribution >= 0.6 is 0 Å². The third-order valence-electron chi connectivity index (χ3n) is 3.68. The Kier molecular flexibility index (Phi) is 4.48. The summed E-state index contributed by atoms with van der Waals surface area (Å²) in [6.45, 7) is 0.425. The molecule has 2 fully saturated rings. The maximum atomic E-state index is 12.0. The number of fused-ring (bicyclic) bond motifs is 2. The first kappa shape index (κ1) is 15.3. The summed E-state index contributed by atoms with van der Waals surface area (Å²) in [5.41, 5.74) is 2.21.